The highest BCUT2D eigenvalue weighted by atomic mass is 19.3. The highest BCUT2D eigenvalue weighted by molar-refractivity contribution is 6.26. The monoisotopic (exact) mass is 258 g/mol. The van der Waals surface area contributed by atoms with Crippen LogP contribution in [0.15, 0.2) is 60.7 Å². The topological polar surface area (TPSA) is 17.1 Å². The second-order valence-corrected chi connectivity index (χ2v) is 4.00. The number of benzene rings is 2. The zero-order valence-corrected chi connectivity index (χ0v) is 10.1. The molecule has 0 N–H and O–H groups in total. The summed E-state index contributed by atoms with van der Waals surface area (Å²) in [5.74, 6) is -1.16. The van der Waals surface area contributed by atoms with Gasteiger partial charge in [0.25, 0.3) is 0 Å². The molecule has 0 amide bonds. The highest BCUT2D eigenvalue weighted by Gasteiger charge is 2.21. The Bertz CT molecular complexity index is 574. The van der Waals surface area contributed by atoms with Crippen LogP contribution in [0.1, 0.15) is 11.1 Å². The molecule has 2 aromatic rings. The van der Waals surface area contributed by atoms with Gasteiger partial charge in [-0.25, -0.2) is 8.78 Å². The van der Waals surface area contributed by atoms with Crippen molar-refractivity contribution in [3.63, 3.8) is 0 Å². The van der Waals surface area contributed by atoms with Crippen LogP contribution in [-0.4, -0.2) is 12.2 Å². The summed E-state index contributed by atoms with van der Waals surface area (Å²) in [4.78, 5) is 11.6. The number of halogens is 2. The van der Waals surface area contributed by atoms with Gasteiger partial charge < -0.3 is 0 Å². The lowest BCUT2D eigenvalue weighted by Crippen LogP contribution is -2.12. The number of ketones is 1. The van der Waals surface area contributed by atoms with Gasteiger partial charge in [0.2, 0.25) is 5.78 Å². The van der Waals surface area contributed by atoms with E-state index in [1.807, 2.05) is 6.07 Å². The summed E-state index contributed by atoms with van der Waals surface area (Å²) >= 11 is 0. The van der Waals surface area contributed by atoms with Crippen LogP contribution in [0.2, 0.25) is 0 Å². The van der Waals surface area contributed by atoms with E-state index in [1.54, 1.807) is 54.6 Å². The quantitative estimate of drug-likeness (QED) is 0.597. The molecule has 96 valence electrons. The number of hydrogen-bond acceptors (Lipinski definition) is 1. The third-order valence-corrected chi connectivity index (χ3v) is 2.66. The van der Waals surface area contributed by atoms with Crippen LogP contribution in [0, 0.1) is 0 Å². The number of rotatable bonds is 4. The van der Waals surface area contributed by atoms with Crippen LogP contribution < -0.4 is 0 Å². The first-order valence-electron chi connectivity index (χ1n) is 5.83. The van der Waals surface area contributed by atoms with Gasteiger partial charge >= 0.3 is 6.43 Å². The van der Waals surface area contributed by atoms with E-state index in [2.05, 4.69) is 0 Å². The Kier molecular flexibility index (Phi) is 4.18. The van der Waals surface area contributed by atoms with Crippen molar-refractivity contribution in [1.82, 2.24) is 0 Å². The molecule has 0 aromatic heterocycles. The molecule has 0 heterocycles. The molecule has 0 aliphatic heterocycles. The normalized spacial score (nSPS) is 11.6. The number of hydrogen-bond donors (Lipinski definition) is 0. The van der Waals surface area contributed by atoms with Crippen LogP contribution in [0.4, 0.5) is 8.78 Å². The standard InChI is InChI=1S/C16H12F2O/c17-16(18)15(19)14(13-9-5-2-6-10-13)11-12-7-3-1-4-8-12/h1-11,16H/b14-11+. The minimum absolute atomic E-state index is 0.0294. The van der Waals surface area contributed by atoms with Crippen LogP contribution in [0.25, 0.3) is 11.6 Å². The molecule has 3 heteroatoms. The van der Waals surface area contributed by atoms with E-state index < -0.39 is 12.2 Å². The zero-order chi connectivity index (χ0) is 13.7. The second kappa shape index (κ2) is 6.05. The van der Waals surface area contributed by atoms with Gasteiger partial charge in [-0.1, -0.05) is 60.7 Å². The third kappa shape index (κ3) is 3.35. The fourth-order valence-corrected chi connectivity index (χ4v) is 1.75. The lowest BCUT2D eigenvalue weighted by atomic mass is 9.99. The van der Waals surface area contributed by atoms with Gasteiger partial charge in [0.05, 0.1) is 0 Å². The first-order chi connectivity index (χ1) is 9.18. The Balaban J connectivity index is 2.47. The molecular formula is C16H12F2O. The Labute approximate surface area is 110 Å². The molecule has 0 spiro atoms. The molecule has 0 bridgehead atoms. The lowest BCUT2D eigenvalue weighted by Gasteiger charge is -2.06. The first kappa shape index (κ1) is 13.1. The maximum absolute atomic E-state index is 12.7. The molecule has 1 nitrogen and oxygen atoms in total. The predicted molar refractivity (Wildman–Crippen MR) is 71.8 cm³/mol. The molecule has 2 aromatic carbocycles. The summed E-state index contributed by atoms with van der Waals surface area (Å²) < 4.78 is 25.4. The minimum atomic E-state index is -3.00. The van der Waals surface area contributed by atoms with Gasteiger partial charge in [0.15, 0.2) is 0 Å². The molecule has 0 unspecified atom stereocenters. The number of carbonyl (C=O) groups excluding carboxylic acids is 1. The Morgan fingerprint density at radius 3 is 1.95 bits per heavy atom. The predicted octanol–water partition coefficient (Wildman–Crippen LogP) is 4.06. The summed E-state index contributed by atoms with van der Waals surface area (Å²) in [6.45, 7) is 0. The van der Waals surface area contributed by atoms with E-state index in [0.717, 1.165) is 5.56 Å². The number of Topliss-reactive ketones (excluding diaryl/α,β-unsaturated/α-hetero) is 1. The summed E-state index contributed by atoms with van der Waals surface area (Å²) in [6, 6.07) is 17.4. The number of alkyl halides is 2. The Hall–Kier alpha value is -2.29. The summed E-state index contributed by atoms with van der Waals surface area (Å²) in [5, 5.41) is 0. The third-order valence-electron chi connectivity index (χ3n) is 2.66. The molecule has 19 heavy (non-hydrogen) atoms. The van der Waals surface area contributed by atoms with Gasteiger partial charge in [-0.3, -0.25) is 4.79 Å². The van der Waals surface area contributed by atoms with E-state index in [9.17, 15) is 13.6 Å². The molecule has 0 atom stereocenters. The van der Waals surface area contributed by atoms with E-state index in [-0.39, 0.29) is 5.57 Å². The molecule has 0 saturated heterocycles. The second-order valence-electron chi connectivity index (χ2n) is 4.00. The van der Waals surface area contributed by atoms with Gasteiger partial charge in [-0.05, 0) is 17.2 Å². The average molecular weight is 258 g/mol. The van der Waals surface area contributed by atoms with Crippen LogP contribution in [-0.2, 0) is 4.79 Å². The van der Waals surface area contributed by atoms with Crippen molar-refractivity contribution in [2.24, 2.45) is 0 Å². The highest BCUT2D eigenvalue weighted by Crippen LogP contribution is 2.21. The van der Waals surface area contributed by atoms with E-state index in [1.165, 1.54) is 6.08 Å². The van der Waals surface area contributed by atoms with Crippen molar-refractivity contribution in [3.8, 4) is 0 Å². The van der Waals surface area contributed by atoms with E-state index in [0.29, 0.717) is 5.56 Å². The molecular weight excluding hydrogens is 246 g/mol. The molecule has 0 aliphatic rings. The van der Waals surface area contributed by atoms with E-state index >= 15 is 0 Å². The van der Waals surface area contributed by atoms with Crippen LogP contribution >= 0.6 is 0 Å². The van der Waals surface area contributed by atoms with Crippen molar-refractivity contribution >= 4 is 17.4 Å². The van der Waals surface area contributed by atoms with Gasteiger partial charge in [0, 0.05) is 5.57 Å². The summed E-state index contributed by atoms with van der Waals surface area (Å²) in [7, 11) is 0. The van der Waals surface area contributed by atoms with Crippen molar-refractivity contribution in [1.29, 1.82) is 0 Å². The number of carbonyl (C=O) groups is 1. The fourth-order valence-electron chi connectivity index (χ4n) is 1.75. The average Bonchev–Trinajstić information content (AvgIpc) is 2.46. The summed E-state index contributed by atoms with van der Waals surface area (Å²) in [6.07, 6.45) is -1.51. The van der Waals surface area contributed by atoms with Crippen LogP contribution in [0.5, 0.6) is 0 Å². The zero-order valence-electron chi connectivity index (χ0n) is 10.1. The largest absolute Gasteiger partial charge is 0.300 e. The molecule has 0 aliphatic carbocycles. The van der Waals surface area contributed by atoms with E-state index in [4.69, 9.17) is 0 Å². The molecule has 2 rings (SSSR count). The lowest BCUT2D eigenvalue weighted by molar-refractivity contribution is -0.123. The van der Waals surface area contributed by atoms with Gasteiger partial charge in [-0.2, -0.15) is 0 Å². The maximum Gasteiger partial charge on any atom is 0.300 e. The SMILES string of the molecule is O=C(/C(=C/c1ccccc1)c1ccccc1)C(F)F. The summed E-state index contributed by atoms with van der Waals surface area (Å²) in [5.41, 5.74) is 1.24. The molecule has 0 fully saturated rings. The van der Waals surface area contributed by atoms with Crippen LogP contribution in [0.3, 0.4) is 0 Å². The van der Waals surface area contributed by atoms with Crippen molar-refractivity contribution in [2.45, 2.75) is 6.43 Å². The first-order valence-corrected chi connectivity index (χ1v) is 5.83. The van der Waals surface area contributed by atoms with Crippen molar-refractivity contribution < 1.29 is 13.6 Å². The fraction of sp³-hybridized carbons (Fsp3) is 0.0625. The minimum Gasteiger partial charge on any atom is -0.288 e. The van der Waals surface area contributed by atoms with Gasteiger partial charge in [0.1, 0.15) is 0 Å². The maximum atomic E-state index is 12.7. The van der Waals surface area contributed by atoms with Gasteiger partial charge in [-0.15, -0.1) is 0 Å². The molecule has 0 radical (unpaired) electrons. The Morgan fingerprint density at radius 2 is 1.42 bits per heavy atom. The number of allylic oxidation sites excluding steroid dienone is 1. The smallest absolute Gasteiger partial charge is 0.288 e. The van der Waals surface area contributed by atoms with Crippen molar-refractivity contribution in [3.05, 3.63) is 71.8 Å². The Morgan fingerprint density at radius 1 is 0.895 bits per heavy atom. The van der Waals surface area contributed by atoms with Crippen molar-refractivity contribution in [2.75, 3.05) is 0 Å². The molecule has 0 saturated carbocycles.